The molecule has 118 valence electrons. The molecule has 0 fully saturated rings. The average molecular weight is 389 g/mol. The smallest absolute Gasteiger partial charge is 0.175 e. The van der Waals surface area contributed by atoms with Crippen molar-refractivity contribution in [1.82, 2.24) is 0 Å². The first kappa shape index (κ1) is 16.9. The summed E-state index contributed by atoms with van der Waals surface area (Å²) in [4.78, 5) is 0. The highest BCUT2D eigenvalue weighted by Gasteiger charge is 2.11. The summed E-state index contributed by atoms with van der Waals surface area (Å²) in [5, 5.41) is 3.28. The van der Waals surface area contributed by atoms with Gasteiger partial charge in [0.1, 0.15) is 5.82 Å². The van der Waals surface area contributed by atoms with Crippen molar-refractivity contribution in [3.8, 4) is 11.5 Å². The highest BCUT2D eigenvalue weighted by molar-refractivity contribution is 9.10. The highest BCUT2D eigenvalue weighted by Crippen LogP contribution is 2.36. The summed E-state index contributed by atoms with van der Waals surface area (Å²) in [5.41, 5.74) is 1.74. The molecule has 0 saturated carbocycles. The van der Waals surface area contributed by atoms with Crippen molar-refractivity contribution in [3.05, 3.63) is 51.2 Å². The van der Waals surface area contributed by atoms with Crippen molar-refractivity contribution in [3.63, 3.8) is 0 Å². The van der Waals surface area contributed by atoms with Gasteiger partial charge in [0.05, 0.1) is 23.2 Å². The van der Waals surface area contributed by atoms with Gasteiger partial charge in [0.15, 0.2) is 11.5 Å². The molecule has 6 heteroatoms. The van der Waals surface area contributed by atoms with Crippen molar-refractivity contribution >= 4 is 33.2 Å². The number of rotatable bonds is 6. The lowest BCUT2D eigenvalue weighted by Crippen LogP contribution is -2.02. The third-order valence-corrected chi connectivity index (χ3v) is 3.87. The van der Waals surface area contributed by atoms with E-state index < -0.39 is 5.82 Å². The van der Waals surface area contributed by atoms with E-state index in [9.17, 15) is 4.39 Å². The fourth-order valence-corrected chi connectivity index (χ4v) is 2.75. The second kappa shape index (κ2) is 7.70. The van der Waals surface area contributed by atoms with Gasteiger partial charge in [-0.25, -0.2) is 4.39 Å². The fraction of sp³-hybridized carbons (Fsp3) is 0.250. The van der Waals surface area contributed by atoms with Crippen LogP contribution >= 0.6 is 27.5 Å². The molecule has 0 spiro atoms. The van der Waals surface area contributed by atoms with Gasteiger partial charge in [-0.15, -0.1) is 0 Å². The van der Waals surface area contributed by atoms with Crippen molar-refractivity contribution in [1.29, 1.82) is 0 Å². The van der Waals surface area contributed by atoms with Gasteiger partial charge in [0.2, 0.25) is 0 Å². The summed E-state index contributed by atoms with van der Waals surface area (Å²) in [7, 11) is 1.60. The van der Waals surface area contributed by atoms with Gasteiger partial charge in [-0.05, 0) is 58.7 Å². The molecule has 3 nitrogen and oxygen atoms in total. The number of ether oxygens (including phenoxy) is 2. The van der Waals surface area contributed by atoms with Crippen molar-refractivity contribution in [2.24, 2.45) is 0 Å². The number of halogens is 3. The van der Waals surface area contributed by atoms with Gasteiger partial charge in [-0.1, -0.05) is 11.6 Å². The molecule has 0 aromatic heterocycles. The molecule has 1 N–H and O–H groups in total. The van der Waals surface area contributed by atoms with E-state index in [2.05, 4.69) is 21.2 Å². The van der Waals surface area contributed by atoms with Crippen LogP contribution in [0, 0.1) is 5.82 Å². The molecule has 2 aromatic carbocycles. The lowest BCUT2D eigenvalue weighted by molar-refractivity contribution is 0.308. The molecule has 0 radical (unpaired) electrons. The first-order valence-corrected chi connectivity index (χ1v) is 7.90. The number of hydrogen-bond donors (Lipinski definition) is 1. The van der Waals surface area contributed by atoms with Crippen LogP contribution in [0.5, 0.6) is 11.5 Å². The molecule has 0 unspecified atom stereocenters. The number of anilines is 1. The standard InChI is InChI=1S/C16H16BrClFNO2/c1-3-22-16-12(17)6-10(7-15(16)21-2)9-20-11-4-5-14(19)13(18)8-11/h4-8,20H,3,9H2,1-2H3. The van der Waals surface area contributed by atoms with E-state index in [0.717, 1.165) is 15.7 Å². The lowest BCUT2D eigenvalue weighted by Gasteiger charge is -2.14. The van der Waals surface area contributed by atoms with E-state index in [1.807, 2.05) is 19.1 Å². The monoisotopic (exact) mass is 387 g/mol. The van der Waals surface area contributed by atoms with Gasteiger partial charge in [-0.2, -0.15) is 0 Å². The van der Waals surface area contributed by atoms with Crippen LogP contribution in [0.3, 0.4) is 0 Å². The predicted molar refractivity (Wildman–Crippen MR) is 90.6 cm³/mol. The molecule has 0 atom stereocenters. The van der Waals surface area contributed by atoms with Gasteiger partial charge < -0.3 is 14.8 Å². The van der Waals surface area contributed by atoms with E-state index in [-0.39, 0.29) is 5.02 Å². The first-order chi connectivity index (χ1) is 10.5. The number of hydrogen-bond acceptors (Lipinski definition) is 3. The quantitative estimate of drug-likeness (QED) is 0.732. The summed E-state index contributed by atoms with van der Waals surface area (Å²) >= 11 is 9.25. The minimum Gasteiger partial charge on any atom is -0.493 e. The van der Waals surface area contributed by atoms with Crippen LogP contribution in [0.2, 0.25) is 5.02 Å². The van der Waals surface area contributed by atoms with E-state index >= 15 is 0 Å². The zero-order valence-electron chi connectivity index (χ0n) is 12.3. The highest BCUT2D eigenvalue weighted by atomic mass is 79.9. The Hall–Kier alpha value is -1.46. The van der Waals surface area contributed by atoms with Gasteiger partial charge in [0.25, 0.3) is 0 Å². The largest absolute Gasteiger partial charge is 0.493 e. The third-order valence-electron chi connectivity index (χ3n) is 2.99. The number of benzene rings is 2. The maximum atomic E-state index is 13.1. The maximum absolute atomic E-state index is 13.1. The van der Waals surface area contributed by atoms with Crippen molar-refractivity contribution in [2.45, 2.75) is 13.5 Å². The van der Waals surface area contributed by atoms with E-state index in [4.69, 9.17) is 21.1 Å². The molecule has 0 aliphatic carbocycles. The van der Waals surface area contributed by atoms with E-state index in [0.29, 0.717) is 24.7 Å². The van der Waals surface area contributed by atoms with Crippen LogP contribution in [0.1, 0.15) is 12.5 Å². The van der Waals surface area contributed by atoms with Crippen LogP contribution in [0.25, 0.3) is 0 Å². The van der Waals surface area contributed by atoms with Gasteiger partial charge >= 0.3 is 0 Å². The van der Waals surface area contributed by atoms with Crippen LogP contribution in [-0.4, -0.2) is 13.7 Å². The molecule has 0 aliphatic heterocycles. The molecule has 22 heavy (non-hydrogen) atoms. The fourth-order valence-electron chi connectivity index (χ4n) is 1.97. The molecule has 0 heterocycles. The van der Waals surface area contributed by atoms with E-state index in [1.165, 1.54) is 6.07 Å². The van der Waals surface area contributed by atoms with Crippen LogP contribution in [0.4, 0.5) is 10.1 Å². The second-order valence-corrected chi connectivity index (χ2v) is 5.79. The molecular weight excluding hydrogens is 373 g/mol. The Bertz CT molecular complexity index is 667. The lowest BCUT2D eigenvalue weighted by atomic mass is 10.2. The molecule has 2 aromatic rings. The Kier molecular flexibility index (Phi) is 5.91. The van der Waals surface area contributed by atoms with Gasteiger partial charge in [0, 0.05) is 12.2 Å². The maximum Gasteiger partial charge on any atom is 0.175 e. The Labute approximate surface area is 142 Å². The van der Waals surface area contributed by atoms with Crippen molar-refractivity contribution < 1.29 is 13.9 Å². The average Bonchev–Trinajstić information content (AvgIpc) is 2.50. The molecular formula is C16H16BrClFNO2. The Morgan fingerprint density at radius 1 is 1.27 bits per heavy atom. The Balaban J connectivity index is 2.15. The summed E-state index contributed by atoms with van der Waals surface area (Å²) in [6.45, 7) is 3.02. The van der Waals surface area contributed by atoms with Gasteiger partial charge in [-0.3, -0.25) is 0 Å². The van der Waals surface area contributed by atoms with E-state index in [1.54, 1.807) is 19.2 Å². The third kappa shape index (κ3) is 4.05. The van der Waals surface area contributed by atoms with Crippen LogP contribution < -0.4 is 14.8 Å². The normalized spacial score (nSPS) is 10.4. The first-order valence-electron chi connectivity index (χ1n) is 6.73. The molecule has 0 amide bonds. The Morgan fingerprint density at radius 2 is 2.05 bits per heavy atom. The number of nitrogens with one attached hydrogen (secondary N) is 1. The zero-order valence-corrected chi connectivity index (χ0v) is 14.6. The summed E-state index contributed by atoms with van der Waals surface area (Å²) in [6, 6.07) is 8.37. The Morgan fingerprint density at radius 3 is 2.68 bits per heavy atom. The minimum atomic E-state index is -0.433. The molecule has 0 saturated heterocycles. The second-order valence-electron chi connectivity index (χ2n) is 4.52. The summed E-state index contributed by atoms with van der Waals surface area (Å²) < 4.78 is 24.9. The predicted octanol–water partition coefficient (Wildman–Crippen LogP) is 5.26. The number of methoxy groups -OCH3 is 1. The zero-order chi connectivity index (χ0) is 16.1. The molecule has 0 bridgehead atoms. The van der Waals surface area contributed by atoms with Crippen LogP contribution in [-0.2, 0) is 6.54 Å². The molecule has 2 rings (SSSR count). The van der Waals surface area contributed by atoms with Crippen molar-refractivity contribution in [2.75, 3.05) is 19.0 Å². The summed E-state index contributed by atoms with van der Waals surface area (Å²) in [6.07, 6.45) is 0. The SMILES string of the molecule is CCOc1c(Br)cc(CNc2ccc(F)c(Cl)c2)cc1OC. The summed E-state index contributed by atoms with van der Waals surface area (Å²) in [5.74, 6) is 0.904. The minimum absolute atomic E-state index is 0.0930. The molecule has 0 aliphatic rings. The topological polar surface area (TPSA) is 30.5 Å². The van der Waals surface area contributed by atoms with Crippen LogP contribution in [0.15, 0.2) is 34.8 Å².